The third-order valence-electron chi connectivity index (χ3n) is 7.85. The first-order chi connectivity index (χ1) is 20.9. The van der Waals surface area contributed by atoms with Crippen molar-refractivity contribution in [2.45, 2.75) is 0 Å². The van der Waals surface area contributed by atoms with E-state index >= 15 is 0 Å². The molecule has 2 heterocycles. The summed E-state index contributed by atoms with van der Waals surface area (Å²) in [7, 11) is 0. The van der Waals surface area contributed by atoms with Gasteiger partial charge in [-0.2, -0.15) is 0 Å². The molecule has 8 aromatic rings. The molecule has 0 aliphatic heterocycles. The van der Waals surface area contributed by atoms with E-state index in [0.717, 1.165) is 60.5 Å². The molecule has 2 aromatic heterocycles. The Morgan fingerprint density at radius 3 is 1.40 bits per heavy atom. The first-order valence-electron chi connectivity index (χ1n) is 13.9. The molecule has 0 aliphatic rings. The maximum Gasteiger partial charge on any atom is 0.226 e. The van der Waals surface area contributed by atoms with Crippen LogP contribution in [0.2, 0.25) is 0 Å². The fourth-order valence-electron chi connectivity index (χ4n) is 6.06. The average Bonchev–Trinajstić information content (AvgIpc) is 3.80. The van der Waals surface area contributed by atoms with Gasteiger partial charge >= 0.3 is 0 Å². The Labute approximate surface area is 242 Å². The van der Waals surface area contributed by atoms with Gasteiger partial charge < -0.3 is 8.83 Å². The lowest BCUT2D eigenvalue weighted by molar-refractivity contribution is 0.574. The second kappa shape index (κ2) is 10.0. The van der Waals surface area contributed by atoms with Gasteiger partial charge in [0, 0.05) is 11.1 Å². The van der Waals surface area contributed by atoms with Crippen molar-refractivity contribution in [2.75, 3.05) is 0 Å². The van der Waals surface area contributed by atoms with Crippen LogP contribution in [0, 0.1) is 0 Å². The number of aromatic nitrogens is 2. The van der Waals surface area contributed by atoms with Crippen molar-refractivity contribution < 1.29 is 8.83 Å². The van der Waals surface area contributed by atoms with Crippen LogP contribution in [0.4, 0.5) is 0 Å². The van der Waals surface area contributed by atoms with Gasteiger partial charge in [0.2, 0.25) is 11.8 Å². The number of fused-ring (bicyclic) bond motifs is 2. The average molecular weight is 541 g/mol. The van der Waals surface area contributed by atoms with Gasteiger partial charge in [0.25, 0.3) is 0 Å². The van der Waals surface area contributed by atoms with Gasteiger partial charge in [-0.25, -0.2) is 9.97 Å². The molecule has 8 rings (SSSR count). The van der Waals surface area contributed by atoms with E-state index in [-0.39, 0.29) is 0 Å². The maximum atomic E-state index is 5.82. The van der Waals surface area contributed by atoms with Gasteiger partial charge in [-0.3, -0.25) is 0 Å². The number of hydrogen-bond acceptors (Lipinski definition) is 4. The van der Waals surface area contributed by atoms with Gasteiger partial charge in [-0.15, -0.1) is 0 Å². The molecule has 0 fully saturated rings. The van der Waals surface area contributed by atoms with Crippen molar-refractivity contribution in [1.82, 2.24) is 9.97 Å². The molecule has 6 aromatic carbocycles. The minimum absolute atomic E-state index is 0.598. The van der Waals surface area contributed by atoms with E-state index in [1.807, 2.05) is 18.2 Å². The summed E-state index contributed by atoms with van der Waals surface area (Å²) in [6.07, 6.45) is 6.63. The van der Waals surface area contributed by atoms with Crippen LogP contribution >= 0.6 is 0 Å². The third-order valence-corrected chi connectivity index (χ3v) is 7.85. The molecule has 0 saturated heterocycles. The van der Waals surface area contributed by atoms with Gasteiger partial charge in [-0.05, 0) is 73.1 Å². The quantitative estimate of drug-likeness (QED) is 0.204. The van der Waals surface area contributed by atoms with Crippen molar-refractivity contribution >= 4 is 21.5 Å². The molecule has 0 unspecified atom stereocenters. The highest BCUT2D eigenvalue weighted by atomic mass is 16.3. The number of nitrogens with zero attached hydrogens (tertiary/aromatic N) is 2. The fraction of sp³-hybridized carbons (Fsp3) is 0. The lowest BCUT2D eigenvalue weighted by atomic mass is 9.83. The fourth-order valence-corrected chi connectivity index (χ4v) is 6.06. The summed E-state index contributed by atoms with van der Waals surface area (Å²) in [5.41, 5.74) is 8.65. The summed E-state index contributed by atoms with van der Waals surface area (Å²) in [4.78, 5) is 9.03. The Bertz CT molecular complexity index is 2180. The van der Waals surface area contributed by atoms with Gasteiger partial charge in [-0.1, -0.05) is 103 Å². The number of oxazole rings is 2. The molecule has 0 spiro atoms. The highest BCUT2D eigenvalue weighted by molar-refractivity contribution is 6.23. The van der Waals surface area contributed by atoms with Crippen LogP contribution in [0.5, 0.6) is 0 Å². The highest BCUT2D eigenvalue weighted by Gasteiger charge is 2.22. The van der Waals surface area contributed by atoms with Crippen molar-refractivity contribution in [3.8, 4) is 56.3 Å². The van der Waals surface area contributed by atoms with Crippen LogP contribution in [0.3, 0.4) is 0 Å². The Kier molecular flexibility index (Phi) is 5.75. The Hall–Kier alpha value is -5.74. The lowest BCUT2D eigenvalue weighted by Crippen LogP contribution is -1.94. The monoisotopic (exact) mass is 540 g/mol. The van der Waals surface area contributed by atoms with Gasteiger partial charge in [0.15, 0.2) is 0 Å². The molecule has 4 nitrogen and oxygen atoms in total. The molecule has 0 N–H and O–H groups in total. The predicted octanol–water partition coefficient (Wildman–Crippen LogP) is 10.3. The van der Waals surface area contributed by atoms with Crippen LogP contribution in [-0.4, -0.2) is 9.97 Å². The Morgan fingerprint density at radius 1 is 0.381 bits per heavy atom. The first-order valence-corrected chi connectivity index (χ1v) is 13.9. The molecular weight excluding hydrogens is 516 g/mol. The summed E-state index contributed by atoms with van der Waals surface area (Å²) in [6.45, 7) is 0. The van der Waals surface area contributed by atoms with E-state index in [9.17, 15) is 0 Å². The number of rotatable bonds is 5. The van der Waals surface area contributed by atoms with E-state index in [4.69, 9.17) is 8.83 Å². The van der Waals surface area contributed by atoms with E-state index in [1.165, 1.54) is 5.56 Å². The van der Waals surface area contributed by atoms with E-state index in [0.29, 0.717) is 11.8 Å². The first kappa shape index (κ1) is 24.1. The zero-order valence-corrected chi connectivity index (χ0v) is 22.6. The zero-order valence-electron chi connectivity index (χ0n) is 22.6. The largest absolute Gasteiger partial charge is 0.445 e. The summed E-state index contributed by atoms with van der Waals surface area (Å²) < 4.78 is 11.6. The van der Waals surface area contributed by atoms with E-state index in [1.54, 1.807) is 24.9 Å². The standard InChI is InChI=1S/C38H24N2O2/c1-2-10-25(11-3-1)26-18-19-31-34(24-26)36(30-15-7-9-17-33(30)38-40-21-23-42-38)28-13-5-4-12-27(28)35(31)29-14-6-8-16-32(29)37-39-20-22-41-37/h1-24H. The molecule has 4 heteroatoms. The molecule has 198 valence electrons. The van der Waals surface area contributed by atoms with Crippen LogP contribution in [0.15, 0.2) is 155 Å². The van der Waals surface area contributed by atoms with Crippen LogP contribution < -0.4 is 0 Å². The molecule has 0 radical (unpaired) electrons. The van der Waals surface area contributed by atoms with Crippen LogP contribution in [0.25, 0.3) is 77.8 Å². The second-order valence-corrected chi connectivity index (χ2v) is 10.2. The molecule has 0 aliphatic carbocycles. The minimum atomic E-state index is 0.598. The number of hydrogen-bond donors (Lipinski definition) is 0. The summed E-state index contributed by atoms with van der Waals surface area (Å²) in [5, 5.41) is 4.58. The molecule has 42 heavy (non-hydrogen) atoms. The second-order valence-electron chi connectivity index (χ2n) is 10.2. The topological polar surface area (TPSA) is 52.1 Å². The summed E-state index contributed by atoms with van der Waals surface area (Å²) >= 11 is 0. The van der Waals surface area contributed by atoms with Crippen LogP contribution in [0.1, 0.15) is 0 Å². The van der Waals surface area contributed by atoms with Crippen molar-refractivity contribution in [2.24, 2.45) is 0 Å². The molecule has 0 atom stereocenters. The SMILES string of the molecule is c1ccc(-c2ccc3c(-c4ccccc4-c4ncco4)c4ccccc4c(-c4ccccc4-c4ncco4)c3c2)cc1. The molecule has 0 amide bonds. The maximum absolute atomic E-state index is 5.82. The van der Waals surface area contributed by atoms with E-state index in [2.05, 4.69) is 113 Å². The van der Waals surface area contributed by atoms with Crippen molar-refractivity contribution in [3.05, 3.63) is 146 Å². The summed E-state index contributed by atoms with van der Waals surface area (Å²) in [5.74, 6) is 1.20. The zero-order chi connectivity index (χ0) is 27.9. The minimum Gasteiger partial charge on any atom is -0.445 e. The van der Waals surface area contributed by atoms with Crippen molar-refractivity contribution in [1.29, 1.82) is 0 Å². The van der Waals surface area contributed by atoms with Gasteiger partial charge in [0.1, 0.15) is 12.5 Å². The smallest absolute Gasteiger partial charge is 0.226 e. The molecule has 0 saturated carbocycles. The van der Waals surface area contributed by atoms with Gasteiger partial charge in [0.05, 0.1) is 12.4 Å². The Balaban J connectivity index is 1.54. The number of benzene rings is 6. The molecular formula is C38H24N2O2. The summed E-state index contributed by atoms with van der Waals surface area (Å²) in [6, 6.07) is 42.6. The van der Waals surface area contributed by atoms with E-state index < -0.39 is 0 Å². The molecule has 0 bridgehead atoms. The highest BCUT2D eigenvalue weighted by Crippen LogP contribution is 2.48. The normalized spacial score (nSPS) is 11.3. The van der Waals surface area contributed by atoms with Crippen LogP contribution in [-0.2, 0) is 0 Å². The third kappa shape index (κ3) is 3.93. The Morgan fingerprint density at radius 2 is 0.857 bits per heavy atom. The lowest BCUT2D eigenvalue weighted by Gasteiger charge is -2.20. The van der Waals surface area contributed by atoms with Crippen molar-refractivity contribution in [3.63, 3.8) is 0 Å². The predicted molar refractivity (Wildman–Crippen MR) is 169 cm³/mol.